The molecule has 168 valence electrons. The van der Waals surface area contributed by atoms with Crippen LogP contribution in [-0.2, 0) is 9.59 Å². The zero-order chi connectivity index (χ0) is 23.5. The molecule has 0 aliphatic carbocycles. The first-order valence-corrected chi connectivity index (χ1v) is 10.5. The molecule has 0 saturated carbocycles. The fraction of sp³-hybridized carbons (Fsp3) is 0.154. The third-order valence-electron chi connectivity index (χ3n) is 5.35. The minimum atomic E-state index is -1.07. The minimum absolute atomic E-state index is 0.105. The van der Waals surface area contributed by atoms with Gasteiger partial charge in [0.05, 0.1) is 23.9 Å². The van der Waals surface area contributed by atoms with Gasteiger partial charge in [0.2, 0.25) is 0 Å². The summed E-state index contributed by atoms with van der Waals surface area (Å²) < 4.78 is 19.2. The summed E-state index contributed by atoms with van der Waals surface area (Å²) in [6.07, 6.45) is 0.798. The van der Waals surface area contributed by atoms with Crippen LogP contribution in [0.2, 0.25) is 0 Å². The summed E-state index contributed by atoms with van der Waals surface area (Å²) in [6, 6.07) is 16.9. The normalized spacial score (nSPS) is 17.4. The van der Waals surface area contributed by atoms with Crippen LogP contribution < -0.4 is 9.64 Å². The van der Waals surface area contributed by atoms with Crippen LogP contribution in [0.15, 0.2) is 78.4 Å². The monoisotopic (exact) mass is 447 g/mol. The van der Waals surface area contributed by atoms with Crippen molar-refractivity contribution in [2.24, 2.45) is 0 Å². The first-order valence-electron chi connectivity index (χ1n) is 10.5. The number of carbonyl (C=O) groups excluding carboxylic acids is 2. The molecule has 6 nitrogen and oxygen atoms in total. The summed E-state index contributed by atoms with van der Waals surface area (Å²) in [7, 11) is 0. The Morgan fingerprint density at radius 2 is 1.76 bits per heavy atom. The van der Waals surface area contributed by atoms with E-state index < -0.39 is 23.5 Å². The highest BCUT2D eigenvalue weighted by atomic mass is 19.1. The highest BCUT2D eigenvalue weighted by Crippen LogP contribution is 2.44. The first-order chi connectivity index (χ1) is 15.9. The van der Waals surface area contributed by atoms with E-state index in [0.717, 1.165) is 11.3 Å². The van der Waals surface area contributed by atoms with E-state index in [1.807, 2.05) is 6.92 Å². The zero-order valence-corrected chi connectivity index (χ0v) is 17.9. The number of rotatable bonds is 6. The fourth-order valence-electron chi connectivity index (χ4n) is 3.82. The van der Waals surface area contributed by atoms with E-state index in [1.54, 1.807) is 36.4 Å². The number of ether oxygens (including phenoxy) is 1. The molecular weight excluding hydrogens is 425 g/mol. The largest absolute Gasteiger partial charge is 0.507 e. The maximum absolute atomic E-state index is 13.6. The average molecular weight is 447 g/mol. The first kappa shape index (κ1) is 22.1. The summed E-state index contributed by atoms with van der Waals surface area (Å²) in [4.78, 5) is 27.3. The maximum Gasteiger partial charge on any atom is 0.300 e. The molecule has 1 amide bonds. The number of aromatic hydroxyl groups is 1. The fourth-order valence-corrected chi connectivity index (χ4v) is 3.82. The predicted molar refractivity (Wildman–Crippen MR) is 122 cm³/mol. The maximum atomic E-state index is 13.6. The van der Waals surface area contributed by atoms with E-state index >= 15 is 0 Å². The summed E-state index contributed by atoms with van der Waals surface area (Å²) in [5.41, 5.74) is 0.639. The van der Waals surface area contributed by atoms with Gasteiger partial charge in [0.25, 0.3) is 11.7 Å². The number of carbonyl (C=O) groups is 2. The Kier molecular flexibility index (Phi) is 6.13. The molecule has 3 aromatic rings. The van der Waals surface area contributed by atoms with Crippen LogP contribution in [0.25, 0.3) is 5.76 Å². The van der Waals surface area contributed by atoms with Crippen LogP contribution in [0, 0.1) is 5.82 Å². The summed E-state index contributed by atoms with van der Waals surface area (Å²) in [6.45, 7) is 2.45. The van der Waals surface area contributed by atoms with Crippen LogP contribution in [0.5, 0.6) is 11.5 Å². The Balaban J connectivity index is 1.90. The predicted octanol–water partition coefficient (Wildman–Crippen LogP) is 4.95. The van der Waals surface area contributed by atoms with E-state index in [0.29, 0.717) is 23.5 Å². The number of phenols is 1. The second kappa shape index (κ2) is 9.16. The average Bonchev–Trinajstić information content (AvgIpc) is 3.08. The van der Waals surface area contributed by atoms with Crippen molar-refractivity contribution in [2.45, 2.75) is 19.4 Å². The number of hydrogen-bond donors (Lipinski definition) is 2. The number of para-hydroxylation sites is 2. The highest BCUT2D eigenvalue weighted by molar-refractivity contribution is 6.51. The number of aliphatic hydroxyl groups is 1. The molecule has 0 bridgehead atoms. The molecule has 33 heavy (non-hydrogen) atoms. The van der Waals surface area contributed by atoms with Gasteiger partial charge in [-0.3, -0.25) is 14.5 Å². The molecule has 1 fully saturated rings. The van der Waals surface area contributed by atoms with Gasteiger partial charge < -0.3 is 14.9 Å². The van der Waals surface area contributed by atoms with Crippen molar-refractivity contribution in [3.05, 3.63) is 95.3 Å². The molecule has 1 aliphatic rings. The van der Waals surface area contributed by atoms with E-state index in [2.05, 4.69) is 0 Å². The van der Waals surface area contributed by atoms with Crippen molar-refractivity contribution in [1.29, 1.82) is 0 Å². The van der Waals surface area contributed by atoms with Crippen LogP contribution >= 0.6 is 0 Å². The van der Waals surface area contributed by atoms with E-state index in [1.165, 1.54) is 36.4 Å². The van der Waals surface area contributed by atoms with Gasteiger partial charge in [-0.15, -0.1) is 0 Å². The lowest BCUT2D eigenvalue weighted by Crippen LogP contribution is -2.29. The Labute approximate surface area is 190 Å². The number of amides is 1. The van der Waals surface area contributed by atoms with Crippen LogP contribution in [-0.4, -0.2) is 28.5 Å². The van der Waals surface area contributed by atoms with Crippen molar-refractivity contribution in [1.82, 2.24) is 0 Å². The second-order valence-electron chi connectivity index (χ2n) is 7.59. The van der Waals surface area contributed by atoms with Gasteiger partial charge in [-0.05, 0) is 48.4 Å². The number of ketones is 1. The number of anilines is 1. The number of Topliss-reactive ketones (excluding diaryl/α,β-unsaturated/α-hetero) is 1. The number of phenolic OH excluding ortho intramolecular Hbond substituents is 1. The Morgan fingerprint density at radius 1 is 1.03 bits per heavy atom. The molecule has 2 N–H and O–H groups in total. The lowest BCUT2D eigenvalue weighted by molar-refractivity contribution is -0.132. The Morgan fingerprint density at radius 3 is 2.45 bits per heavy atom. The van der Waals surface area contributed by atoms with Gasteiger partial charge in [0.15, 0.2) is 0 Å². The van der Waals surface area contributed by atoms with Crippen LogP contribution in [0.1, 0.15) is 30.5 Å². The van der Waals surface area contributed by atoms with Crippen molar-refractivity contribution >= 4 is 23.1 Å². The smallest absolute Gasteiger partial charge is 0.300 e. The third kappa shape index (κ3) is 4.17. The Bertz CT molecular complexity index is 1240. The molecule has 4 rings (SSSR count). The van der Waals surface area contributed by atoms with E-state index in [4.69, 9.17) is 4.74 Å². The molecule has 1 unspecified atom stereocenters. The number of benzene rings is 3. The van der Waals surface area contributed by atoms with Gasteiger partial charge in [0.1, 0.15) is 23.1 Å². The van der Waals surface area contributed by atoms with Crippen molar-refractivity contribution in [3.8, 4) is 11.5 Å². The van der Waals surface area contributed by atoms with Crippen molar-refractivity contribution in [2.75, 3.05) is 11.5 Å². The van der Waals surface area contributed by atoms with Crippen LogP contribution in [0.4, 0.5) is 10.1 Å². The molecule has 1 saturated heterocycles. The number of hydrogen-bond acceptors (Lipinski definition) is 5. The molecule has 0 radical (unpaired) electrons. The van der Waals surface area contributed by atoms with Crippen LogP contribution in [0.3, 0.4) is 0 Å². The van der Waals surface area contributed by atoms with E-state index in [9.17, 15) is 24.2 Å². The van der Waals surface area contributed by atoms with Gasteiger partial charge in [-0.2, -0.15) is 0 Å². The SMILES string of the molecule is CCCOc1cccc(/C(O)=C2\C(=O)C(=O)N(c3ccccc3O)C2c2ccc(F)cc2)c1. The Hall–Kier alpha value is -4.13. The van der Waals surface area contributed by atoms with Crippen molar-refractivity contribution in [3.63, 3.8) is 0 Å². The lowest BCUT2D eigenvalue weighted by atomic mass is 9.95. The molecule has 0 aromatic heterocycles. The van der Waals surface area contributed by atoms with Gasteiger partial charge in [-0.25, -0.2) is 4.39 Å². The summed E-state index contributed by atoms with van der Waals surface area (Å²) in [5, 5.41) is 21.6. The lowest BCUT2D eigenvalue weighted by Gasteiger charge is -2.26. The molecule has 1 aliphatic heterocycles. The molecule has 7 heteroatoms. The van der Waals surface area contributed by atoms with Gasteiger partial charge in [-0.1, -0.05) is 43.3 Å². The minimum Gasteiger partial charge on any atom is -0.507 e. The van der Waals surface area contributed by atoms with E-state index in [-0.39, 0.29) is 22.8 Å². The molecule has 3 aromatic carbocycles. The molecular formula is C26H22FNO5. The summed E-state index contributed by atoms with van der Waals surface area (Å²) in [5.74, 6) is -2.40. The quantitative estimate of drug-likeness (QED) is 0.317. The number of halogens is 1. The molecule has 0 spiro atoms. The molecule has 1 heterocycles. The topological polar surface area (TPSA) is 87.1 Å². The number of nitrogens with zero attached hydrogens (tertiary/aromatic N) is 1. The number of aliphatic hydroxyl groups excluding tert-OH is 1. The van der Waals surface area contributed by atoms with Gasteiger partial charge >= 0.3 is 0 Å². The van der Waals surface area contributed by atoms with Crippen molar-refractivity contribution < 1.29 is 28.9 Å². The molecule has 1 atom stereocenters. The second-order valence-corrected chi connectivity index (χ2v) is 7.59. The standard InChI is InChI=1S/C26H22FNO5/c1-2-14-33-19-7-5-6-17(15-19)24(30)22-23(16-10-12-18(27)13-11-16)28(26(32)25(22)31)20-8-3-4-9-21(20)29/h3-13,15,23,29-30H,2,14H2,1H3/b24-22+. The van der Waals surface area contributed by atoms with Gasteiger partial charge in [0, 0.05) is 5.56 Å². The third-order valence-corrected chi connectivity index (χ3v) is 5.35. The highest BCUT2D eigenvalue weighted by Gasteiger charge is 2.47. The summed E-state index contributed by atoms with van der Waals surface area (Å²) >= 11 is 0. The zero-order valence-electron chi connectivity index (χ0n) is 17.9.